The smallest absolute Gasteiger partial charge is 0.333 e. The molecular formula is C16H14F4N4O. The third kappa shape index (κ3) is 3.40. The molecule has 0 N–H and O–H groups in total. The lowest BCUT2D eigenvalue weighted by molar-refractivity contribution is -0.143. The van der Waals surface area contributed by atoms with Gasteiger partial charge in [-0.1, -0.05) is 16.9 Å². The summed E-state index contributed by atoms with van der Waals surface area (Å²) in [5.74, 6) is -1.42. The number of amides is 1. The molecule has 2 aromatic rings. The fourth-order valence-corrected chi connectivity index (χ4v) is 2.55. The molecule has 0 atom stereocenters. The van der Waals surface area contributed by atoms with Gasteiger partial charge in [0.25, 0.3) is 5.91 Å². The van der Waals surface area contributed by atoms with Gasteiger partial charge in [-0.2, -0.15) is 13.2 Å². The largest absolute Gasteiger partial charge is 0.435 e. The summed E-state index contributed by atoms with van der Waals surface area (Å²) in [6.45, 7) is 2.45. The molecule has 25 heavy (non-hydrogen) atoms. The summed E-state index contributed by atoms with van der Waals surface area (Å²) >= 11 is 0. The Morgan fingerprint density at radius 3 is 2.44 bits per heavy atom. The van der Waals surface area contributed by atoms with Gasteiger partial charge in [0.1, 0.15) is 5.82 Å². The summed E-state index contributed by atoms with van der Waals surface area (Å²) in [7, 11) is 0. The average molecular weight is 354 g/mol. The third-order valence-corrected chi connectivity index (χ3v) is 3.94. The Hall–Kier alpha value is -2.71. The van der Waals surface area contributed by atoms with Gasteiger partial charge in [-0.05, 0) is 37.6 Å². The second-order valence-electron chi connectivity index (χ2n) is 5.72. The van der Waals surface area contributed by atoms with Crippen molar-refractivity contribution in [1.82, 2.24) is 19.9 Å². The first-order chi connectivity index (χ1) is 11.8. The Morgan fingerprint density at radius 2 is 1.88 bits per heavy atom. The van der Waals surface area contributed by atoms with Crippen molar-refractivity contribution < 1.29 is 22.4 Å². The van der Waals surface area contributed by atoms with E-state index >= 15 is 0 Å². The van der Waals surface area contributed by atoms with Gasteiger partial charge in [0.05, 0.1) is 5.69 Å². The molecule has 1 aromatic carbocycles. The summed E-state index contributed by atoms with van der Waals surface area (Å²) < 4.78 is 54.1. The summed E-state index contributed by atoms with van der Waals surface area (Å²) in [6.07, 6.45) is -2.46. The van der Waals surface area contributed by atoms with E-state index in [0.717, 1.165) is 29.8 Å². The van der Waals surface area contributed by atoms with Crippen molar-refractivity contribution in [2.45, 2.75) is 19.5 Å². The first kappa shape index (κ1) is 17.1. The highest BCUT2D eigenvalue weighted by Gasteiger charge is 2.43. The van der Waals surface area contributed by atoms with Crippen LogP contribution in [-0.2, 0) is 6.18 Å². The zero-order valence-electron chi connectivity index (χ0n) is 13.2. The lowest BCUT2D eigenvalue weighted by Gasteiger charge is -2.25. The van der Waals surface area contributed by atoms with Gasteiger partial charge in [0.2, 0.25) is 0 Å². The highest BCUT2D eigenvalue weighted by Crippen LogP contribution is 2.33. The monoisotopic (exact) mass is 354 g/mol. The first-order valence-corrected chi connectivity index (χ1v) is 7.51. The van der Waals surface area contributed by atoms with Crippen LogP contribution in [0.1, 0.15) is 29.5 Å². The molecule has 2 heterocycles. The van der Waals surface area contributed by atoms with Crippen molar-refractivity contribution in [3.05, 3.63) is 53.1 Å². The average Bonchev–Trinajstić information content (AvgIpc) is 3.01. The number of hydrogen-bond acceptors (Lipinski definition) is 3. The molecule has 9 heteroatoms. The molecule has 0 bridgehead atoms. The Kier molecular flexibility index (Phi) is 4.32. The molecule has 1 aliphatic rings. The van der Waals surface area contributed by atoms with Crippen molar-refractivity contribution >= 4 is 5.91 Å². The van der Waals surface area contributed by atoms with E-state index in [-0.39, 0.29) is 12.2 Å². The van der Waals surface area contributed by atoms with Gasteiger partial charge in [0, 0.05) is 13.1 Å². The molecule has 0 saturated heterocycles. The summed E-state index contributed by atoms with van der Waals surface area (Å²) in [4.78, 5) is 13.8. The molecule has 0 saturated carbocycles. The molecule has 3 rings (SSSR count). The van der Waals surface area contributed by atoms with E-state index in [1.54, 1.807) is 6.08 Å². The zero-order valence-corrected chi connectivity index (χ0v) is 13.2. The molecule has 1 aromatic heterocycles. The number of nitrogens with zero attached hydrogens (tertiary/aromatic N) is 4. The quantitative estimate of drug-likeness (QED) is 0.615. The van der Waals surface area contributed by atoms with Crippen molar-refractivity contribution in [3.63, 3.8) is 0 Å². The highest BCUT2D eigenvalue weighted by molar-refractivity contribution is 5.93. The van der Waals surface area contributed by atoms with Crippen LogP contribution in [0.15, 0.2) is 35.9 Å². The van der Waals surface area contributed by atoms with Gasteiger partial charge < -0.3 is 4.90 Å². The number of halogens is 4. The molecule has 5 nitrogen and oxygen atoms in total. The topological polar surface area (TPSA) is 51.0 Å². The van der Waals surface area contributed by atoms with E-state index in [4.69, 9.17) is 0 Å². The van der Waals surface area contributed by atoms with Crippen LogP contribution in [0.25, 0.3) is 5.69 Å². The van der Waals surface area contributed by atoms with E-state index in [1.807, 2.05) is 6.92 Å². The Morgan fingerprint density at radius 1 is 1.20 bits per heavy atom. The van der Waals surface area contributed by atoms with Crippen LogP contribution in [0, 0.1) is 5.82 Å². The maximum Gasteiger partial charge on any atom is 0.435 e. The molecule has 0 unspecified atom stereocenters. The summed E-state index contributed by atoms with van der Waals surface area (Å²) in [5.41, 5.74) is -0.982. The summed E-state index contributed by atoms with van der Waals surface area (Å²) in [5, 5.41) is 6.94. The predicted molar refractivity (Wildman–Crippen MR) is 80.6 cm³/mol. The number of rotatable bonds is 2. The van der Waals surface area contributed by atoms with Crippen LogP contribution in [0.4, 0.5) is 17.6 Å². The van der Waals surface area contributed by atoms with Crippen LogP contribution in [-0.4, -0.2) is 38.9 Å². The van der Waals surface area contributed by atoms with E-state index in [1.165, 1.54) is 4.90 Å². The molecule has 0 fully saturated rings. The fraction of sp³-hybridized carbons (Fsp3) is 0.312. The van der Waals surface area contributed by atoms with Crippen LogP contribution >= 0.6 is 0 Å². The number of aromatic nitrogens is 3. The second kappa shape index (κ2) is 6.30. The second-order valence-corrected chi connectivity index (χ2v) is 5.72. The molecule has 1 aliphatic heterocycles. The lowest BCUT2D eigenvalue weighted by Crippen LogP contribution is -2.36. The van der Waals surface area contributed by atoms with E-state index < -0.39 is 29.3 Å². The standard InChI is InChI=1S/C16H14F4N4O/c1-10-6-8-23(9-7-10)15(25)13-14(16(18,19)20)24(22-21-13)12-4-2-11(17)3-5-12/h2-6H,7-9H2,1H3. The number of carbonyl (C=O) groups is 1. The number of alkyl halides is 3. The number of benzene rings is 1. The maximum atomic E-state index is 13.5. The van der Waals surface area contributed by atoms with Crippen LogP contribution in [0.3, 0.4) is 0 Å². The Balaban J connectivity index is 2.03. The van der Waals surface area contributed by atoms with Crippen LogP contribution in [0.2, 0.25) is 0 Å². The predicted octanol–water partition coefficient (Wildman–Crippen LogP) is 3.22. The molecule has 0 spiro atoms. The fourth-order valence-electron chi connectivity index (χ4n) is 2.55. The molecule has 0 aliphatic carbocycles. The van der Waals surface area contributed by atoms with Gasteiger partial charge >= 0.3 is 6.18 Å². The van der Waals surface area contributed by atoms with Gasteiger partial charge in [-0.25, -0.2) is 9.07 Å². The number of carbonyl (C=O) groups excluding carboxylic acids is 1. The minimum Gasteiger partial charge on any atom is -0.333 e. The lowest BCUT2D eigenvalue weighted by atomic mass is 10.1. The minimum absolute atomic E-state index is 0.0327. The molecular weight excluding hydrogens is 340 g/mol. The third-order valence-electron chi connectivity index (χ3n) is 3.94. The Labute approximate surface area is 140 Å². The van der Waals surface area contributed by atoms with Crippen molar-refractivity contribution in [2.24, 2.45) is 0 Å². The van der Waals surface area contributed by atoms with Crippen LogP contribution < -0.4 is 0 Å². The van der Waals surface area contributed by atoms with Gasteiger partial charge in [-0.3, -0.25) is 4.79 Å². The Bertz CT molecular complexity index is 824. The summed E-state index contributed by atoms with van der Waals surface area (Å²) in [6, 6.07) is 4.30. The number of hydrogen-bond donors (Lipinski definition) is 0. The molecule has 1 amide bonds. The van der Waals surface area contributed by atoms with Gasteiger partial charge in [-0.15, -0.1) is 5.10 Å². The van der Waals surface area contributed by atoms with E-state index in [2.05, 4.69) is 10.3 Å². The normalized spacial score (nSPS) is 15.2. The first-order valence-electron chi connectivity index (χ1n) is 7.51. The van der Waals surface area contributed by atoms with Crippen LogP contribution in [0.5, 0.6) is 0 Å². The molecule has 132 valence electrons. The minimum atomic E-state index is -4.84. The molecule has 0 radical (unpaired) electrons. The van der Waals surface area contributed by atoms with Crippen molar-refractivity contribution in [3.8, 4) is 5.69 Å². The van der Waals surface area contributed by atoms with Gasteiger partial charge in [0.15, 0.2) is 11.4 Å². The highest BCUT2D eigenvalue weighted by atomic mass is 19.4. The SMILES string of the molecule is CC1=CCN(C(=O)c2nnn(-c3ccc(F)cc3)c2C(F)(F)F)CC1. The van der Waals surface area contributed by atoms with Crippen molar-refractivity contribution in [1.29, 1.82) is 0 Å². The van der Waals surface area contributed by atoms with Crippen molar-refractivity contribution in [2.75, 3.05) is 13.1 Å². The van der Waals surface area contributed by atoms with E-state index in [0.29, 0.717) is 17.6 Å². The maximum absolute atomic E-state index is 13.5. The van der Waals surface area contributed by atoms with E-state index in [9.17, 15) is 22.4 Å². The zero-order chi connectivity index (χ0) is 18.2.